The van der Waals surface area contributed by atoms with Crippen molar-refractivity contribution in [3.8, 4) is 22.5 Å². The summed E-state index contributed by atoms with van der Waals surface area (Å²) in [6.45, 7) is 4.47. The predicted octanol–water partition coefficient (Wildman–Crippen LogP) is 4.98. The van der Waals surface area contributed by atoms with Crippen molar-refractivity contribution in [2.45, 2.75) is 20.4 Å². The van der Waals surface area contributed by atoms with Gasteiger partial charge in [0.15, 0.2) is 0 Å². The average molecular weight is 416 g/mol. The first-order chi connectivity index (χ1) is 15.7. The van der Waals surface area contributed by atoms with E-state index in [1.54, 1.807) is 18.6 Å². The van der Waals surface area contributed by atoms with Crippen LogP contribution < -0.4 is 5.32 Å². The normalized spacial score (nSPS) is 10.7. The minimum atomic E-state index is 0.538. The zero-order chi connectivity index (χ0) is 21.9. The van der Waals surface area contributed by atoms with Crippen molar-refractivity contribution < 1.29 is 0 Å². The molecule has 6 heteroatoms. The van der Waals surface area contributed by atoms with Gasteiger partial charge in [-0.3, -0.25) is 9.97 Å². The van der Waals surface area contributed by atoms with E-state index in [-0.39, 0.29) is 0 Å². The molecular weight excluding hydrogens is 396 g/mol. The quantitative estimate of drug-likeness (QED) is 0.436. The van der Waals surface area contributed by atoms with Crippen LogP contribution in [0.3, 0.4) is 0 Å². The number of rotatable bonds is 5. The molecule has 5 rings (SSSR count). The molecule has 0 fully saturated rings. The molecule has 5 aromatic rings. The number of fused-ring (bicyclic) bond motifs is 1. The van der Waals surface area contributed by atoms with E-state index in [1.165, 1.54) is 0 Å². The molecule has 0 radical (unpaired) electrons. The van der Waals surface area contributed by atoms with Gasteiger partial charge < -0.3 is 5.32 Å². The highest BCUT2D eigenvalue weighted by atomic mass is 15.0. The second-order valence-electron chi connectivity index (χ2n) is 7.53. The Balaban J connectivity index is 1.35. The molecule has 0 bridgehead atoms. The summed E-state index contributed by atoms with van der Waals surface area (Å²) >= 11 is 0. The molecule has 0 aromatic carbocycles. The van der Waals surface area contributed by atoms with Gasteiger partial charge in [0.2, 0.25) is 0 Å². The monoisotopic (exact) mass is 416 g/mol. The number of pyridine rings is 4. The van der Waals surface area contributed by atoms with Gasteiger partial charge in [-0.25, -0.2) is 15.0 Å². The van der Waals surface area contributed by atoms with E-state index in [9.17, 15) is 0 Å². The number of anilines is 1. The topological polar surface area (TPSA) is 76.5 Å². The van der Waals surface area contributed by atoms with Gasteiger partial charge in [-0.1, -0.05) is 6.07 Å². The Morgan fingerprint density at radius 2 is 1.53 bits per heavy atom. The minimum Gasteiger partial charge on any atom is -0.365 e. The fourth-order valence-electron chi connectivity index (χ4n) is 3.52. The summed E-state index contributed by atoms with van der Waals surface area (Å²) in [5.41, 5.74) is 7.39. The first kappa shape index (κ1) is 19.6. The maximum absolute atomic E-state index is 4.82. The molecule has 0 aliphatic rings. The molecule has 0 aliphatic heterocycles. The third-order valence-corrected chi connectivity index (χ3v) is 5.12. The van der Waals surface area contributed by atoms with Gasteiger partial charge in [0.25, 0.3) is 0 Å². The molecule has 0 amide bonds. The summed E-state index contributed by atoms with van der Waals surface area (Å²) in [4.78, 5) is 22.3. The van der Waals surface area contributed by atoms with Gasteiger partial charge >= 0.3 is 0 Å². The van der Waals surface area contributed by atoms with Crippen LogP contribution in [0, 0.1) is 26.0 Å². The molecule has 0 unspecified atom stereocenters. The van der Waals surface area contributed by atoms with Crippen molar-refractivity contribution in [3.05, 3.63) is 96.3 Å². The van der Waals surface area contributed by atoms with Gasteiger partial charge in [-0.15, -0.1) is 0 Å². The predicted molar refractivity (Wildman–Crippen MR) is 125 cm³/mol. The van der Waals surface area contributed by atoms with E-state index < -0.39 is 0 Å². The van der Waals surface area contributed by atoms with E-state index >= 15 is 0 Å². The van der Waals surface area contributed by atoms with Crippen LogP contribution in [0.1, 0.15) is 17.0 Å². The van der Waals surface area contributed by atoms with Crippen LogP contribution in [0.15, 0.2) is 67.3 Å². The third kappa shape index (κ3) is 4.09. The fourth-order valence-corrected chi connectivity index (χ4v) is 3.52. The number of aryl methyl sites for hydroxylation is 2. The Hall–Kier alpha value is -4.37. The maximum atomic E-state index is 4.82. The molecule has 5 heterocycles. The lowest BCUT2D eigenvalue weighted by Crippen LogP contribution is -2.02. The van der Waals surface area contributed by atoms with E-state index in [4.69, 9.17) is 4.98 Å². The lowest BCUT2D eigenvalue weighted by atomic mass is 10.1. The van der Waals surface area contributed by atoms with Crippen molar-refractivity contribution >= 4 is 16.7 Å². The van der Waals surface area contributed by atoms with Crippen LogP contribution in [0.4, 0.5) is 5.82 Å². The lowest BCUT2D eigenvalue weighted by molar-refractivity contribution is 1.10. The number of nitrogens with one attached hydrogen (secondary N) is 1. The first-order valence-corrected chi connectivity index (χ1v) is 10.3. The molecular formula is C26H20N6. The van der Waals surface area contributed by atoms with Crippen LogP contribution >= 0.6 is 0 Å². The zero-order valence-electron chi connectivity index (χ0n) is 17.8. The van der Waals surface area contributed by atoms with Crippen molar-refractivity contribution in [2.75, 3.05) is 5.32 Å². The summed E-state index contributed by atoms with van der Waals surface area (Å²) < 4.78 is 0. The van der Waals surface area contributed by atoms with Gasteiger partial charge in [-0.05, 0) is 62.4 Å². The van der Waals surface area contributed by atoms with Crippen molar-refractivity contribution in [1.29, 1.82) is 0 Å². The Morgan fingerprint density at radius 3 is 2.28 bits per heavy atom. The Labute approximate surface area is 186 Å². The fraction of sp³-hybridized carbons (Fsp3) is 0.115. The van der Waals surface area contributed by atoms with Crippen LogP contribution in [-0.4, -0.2) is 24.9 Å². The highest BCUT2D eigenvalue weighted by Crippen LogP contribution is 2.25. The van der Waals surface area contributed by atoms with Crippen molar-refractivity contribution in [3.63, 3.8) is 0 Å². The Kier molecular flexibility index (Phi) is 5.14. The molecule has 0 saturated heterocycles. The Morgan fingerprint density at radius 1 is 0.781 bits per heavy atom. The highest BCUT2D eigenvalue weighted by Gasteiger charge is 2.07. The summed E-state index contributed by atoms with van der Waals surface area (Å²) in [7, 11) is 0. The Bertz CT molecular complexity index is 1400. The molecule has 32 heavy (non-hydrogen) atoms. The zero-order valence-corrected chi connectivity index (χ0v) is 17.8. The lowest BCUT2D eigenvalue weighted by Gasteiger charge is -2.09. The van der Waals surface area contributed by atoms with E-state index in [0.29, 0.717) is 6.54 Å². The highest BCUT2D eigenvalue weighted by molar-refractivity contribution is 5.90. The minimum absolute atomic E-state index is 0.538. The SMILES string of the molecule is Cc1cc(-c2c#cc(CNc3nccc4nc(-c5ccnc(C)c5)ccc34)cn2)ccn1. The molecule has 5 aromatic heterocycles. The second kappa shape index (κ2) is 8.40. The number of aromatic nitrogens is 5. The summed E-state index contributed by atoms with van der Waals surface area (Å²) in [5.74, 6) is 0.773. The summed E-state index contributed by atoms with van der Waals surface area (Å²) in [6, 6.07) is 20.2. The molecule has 0 saturated carbocycles. The maximum Gasteiger partial charge on any atom is 0.135 e. The van der Waals surface area contributed by atoms with E-state index in [0.717, 1.165) is 56.2 Å². The summed E-state index contributed by atoms with van der Waals surface area (Å²) in [6.07, 6.45) is 7.15. The smallest absolute Gasteiger partial charge is 0.135 e. The van der Waals surface area contributed by atoms with Gasteiger partial charge in [0, 0.05) is 58.3 Å². The molecule has 0 aliphatic carbocycles. The van der Waals surface area contributed by atoms with Crippen LogP contribution in [0.25, 0.3) is 33.4 Å². The van der Waals surface area contributed by atoms with Gasteiger partial charge in [-0.2, -0.15) is 0 Å². The third-order valence-electron chi connectivity index (χ3n) is 5.12. The largest absolute Gasteiger partial charge is 0.365 e. The van der Waals surface area contributed by atoms with Gasteiger partial charge in [0.1, 0.15) is 11.5 Å². The van der Waals surface area contributed by atoms with Crippen LogP contribution in [0.2, 0.25) is 0 Å². The van der Waals surface area contributed by atoms with Crippen molar-refractivity contribution in [2.24, 2.45) is 0 Å². The molecule has 0 atom stereocenters. The van der Waals surface area contributed by atoms with E-state index in [2.05, 4.69) is 37.4 Å². The molecule has 154 valence electrons. The van der Waals surface area contributed by atoms with Crippen molar-refractivity contribution in [1.82, 2.24) is 24.9 Å². The number of hydrogen-bond acceptors (Lipinski definition) is 6. The standard InChI is InChI=1S/C26H20N6/c1-17-13-20(7-10-27-17)23-5-3-19(15-30-23)16-31-26-22-4-6-24(32-25(22)9-12-29-26)21-8-11-28-18(2)14-21/h4,6-15H,16H2,1-2H3,(H,29,31). The molecule has 6 nitrogen and oxygen atoms in total. The average Bonchev–Trinajstić information content (AvgIpc) is 2.82. The van der Waals surface area contributed by atoms with E-state index in [1.807, 2.05) is 62.5 Å². The summed E-state index contributed by atoms with van der Waals surface area (Å²) in [5, 5.41) is 4.34. The number of hydrogen-bond donors (Lipinski definition) is 1. The van der Waals surface area contributed by atoms with Crippen LogP contribution in [-0.2, 0) is 6.54 Å². The molecule has 1 N–H and O–H groups in total. The first-order valence-electron chi connectivity index (χ1n) is 10.3. The van der Waals surface area contributed by atoms with Gasteiger partial charge in [0.05, 0.1) is 17.8 Å². The second-order valence-corrected chi connectivity index (χ2v) is 7.53. The molecule has 0 spiro atoms. The van der Waals surface area contributed by atoms with Crippen LogP contribution in [0.5, 0.6) is 0 Å². The number of nitrogens with zero attached hydrogens (tertiary/aromatic N) is 5.